The van der Waals surface area contributed by atoms with Gasteiger partial charge in [-0.25, -0.2) is 9.98 Å². The van der Waals surface area contributed by atoms with Crippen LogP contribution in [0.1, 0.15) is 22.3 Å². The lowest BCUT2D eigenvalue weighted by atomic mass is 9.91. The molecule has 4 aromatic rings. The first-order valence-electron chi connectivity index (χ1n) is 13.5. The van der Waals surface area contributed by atoms with Gasteiger partial charge in [0.1, 0.15) is 11.5 Å². The molecule has 4 aliphatic rings. The molecule has 0 amide bonds. The maximum atomic E-state index is 14.4. The van der Waals surface area contributed by atoms with Gasteiger partial charge in [0, 0.05) is 44.6 Å². The predicted octanol–water partition coefficient (Wildman–Crippen LogP) is 6.81. The summed E-state index contributed by atoms with van der Waals surface area (Å²) in [5.74, 6) is -0.306. The second-order valence-corrected chi connectivity index (χ2v) is 10.4. The summed E-state index contributed by atoms with van der Waals surface area (Å²) in [6, 6.07) is 28.4. The molecule has 2 aliphatic carbocycles. The van der Waals surface area contributed by atoms with Crippen LogP contribution < -0.4 is 0 Å². The predicted molar refractivity (Wildman–Crippen MR) is 163 cm³/mol. The third kappa shape index (κ3) is 3.45. The number of phenolic OH excluding ortho intramolecular Hbond substituents is 2. The van der Waals surface area contributed by atoms with Crippen molar-refractivity contribution in [1.29, 1.82) is 0 Å². The summed E-state index contributed by atoms with van der Waals surface area (Å²) in [5.41, 5.74) is 8.31. The van der Waals surface area contributed by atoms with E-state index < -0.39 is 0 Å². The normalized spacial score (nSPS) is 18.5. The number of benzene rings is 4. The molecule has 0 bridgehead atoms. The molecule has 2 aliphatic heterocycles. The van der Waals surface area contributed by atoms with Gasteiger partial charge in [-0.1, -0.05) is 60.7 Å². The van der Waals surface area contributed by atoms with Gasteiger partial charge < -0.3 is 10.2 Å². The number of phenols is 2. The molecular formula is C36H20N2O4. The number of carbonyl (C=O) groups excluding carboxylic acids is 2. The number of nitrogens with zero attached hydrogens (tertiary/aromatic N) is 2. The van der Waals surface area contributed by atoms with Crippen molar-refractivity contribution < 1.29 is 19.8 Å². The molecule has 6 nitrogen and oxygen atoms in total. The summed E-state index contributed by atoms with van der Waals surface area (Å²) >= 11 is 0. The second-order valence-electron chi connectivity index (χ2n) is 10.4. The number of Topliss-reactive ketones (excluding diaryl/α,β-unsaturated/α-hetero) is 2. The van der Waals surface area contributed by atoms with E-state index in [2.05, 4.69) is 0 Å². The van der Waals surface area contributed by atoms with Gasteiger partial charge in [-0.2, -0.15) is 0 Å². The van der Waals surface area contributed by atoms with Crippen molar-refractivity contribution in [2.45, 2.75) is 0 Å². The Morgan fingerprint density at radius 1 is 0.476 bits per heavy atom. The largest absolute Gasteiger partial charge is 0.508 e. The molecule has 0 aromatic heterocycles. The fourth-order valence-corrected chi connectivity index (χ4v) is 6.00. The van der Waals surface area contributed by atoms with E-state index in [1.54, 1.807) is 60.7 Å². The topological polar surface area (TPSA) is 99.3 Å². The average molecular weight is 545 g/mol. The quantitative estimate of drug-likeness (QED) is 0.277. The molecular weight excluding hydrogens is 524 g/mol. The Hall–Kier alpha value is -5.88. The minimum Gasteiger partial charge on any atom is -0.508 e. The molecule has 0 saturated carbocycles. The fourth-order valence-electron chi connectivity index (χ4n) is 6.00. The lowest BCUT2D eigenvalue weighted by molar-refractivity contribution is -0.114. The number of aromatic hydroxyl groups is 2. The Bertz CT molecular complexity index is 1950. The monoisotopic (exact) mass is 544 g/mol. The van der Waals surface area contributed by atoms with Crippen LogP contribution in [0.15, 0.2) is 129 Å². The minimum absolute atomic E-state index is 0.128. The maximum Gasteiger partial charge on any atom is 0.196 e. The summed E-state index contributed by atoms with van der Waals surface area (Å²) in [6.45, 7) is 0. The average Bonchev–Trinajstić information content (AvgIpc) is 3.70. The number of fused-ring (bicyclic) bond motifs is 6. The van der Waals surface area contributed by atoms with Crippen LogP contribution in [0.3, 0.4) is 0 Å². The summed E-state index contributed by atoms with van der Waals surface area (Å²) in [4.78, 5) is 38.5. The van der Waals surface area contributed by atoms with Crippen LogP contribution in [0.4, 0.5) is 11.4 Å². The van der Waals surface area contributed by atoms with Gasteiger partial charge in [0.25, 0.3) is 0 Å². The molecule has 0 atom stereocenters. The van der Waals surface area contributed by atoms with Gasteiger partial charge in [-0.3, -0.25) is 9.59 Å². The molecule has 2 heterocycles. The summed E-state index contributed by atoms with van der Waals surface area (Å²) < 4.78 is 0. The number of para-hydroxylation sites is 2. The molecule has 0 radical (unpaired) electrons. The highest BCUT2D eigenvalue weighted by Gasteiger charge is 2.48. The first-order chi connectivity index (χ1) is 20.5. The molecule has 6 heteroatoms. The lowest BCUT2D eigenvalue weighted by Gasteiger charge is -2.08. The fraction of sp³-hybridized carbons (Fsp3) is 0. The number of allylic oxidation sites excluding steroid dienone is 6. The third-order valence-corrected chi connectivity index (χ3v) is 7.90. The van der Waals surface area contributed by atoms with Gasteiger partial charge in [0.2, 0.25) is 0 Å². The van der Waals surface area contributed by atoms with Crippen LogP contribution in [0.25, 0.3) is 23.3 Å². The first-order valence-corrected chi connectivity index (χ1v) is 13.5. The summed E-state index contributed by atoms with van der Waals surface area (Å²) in [6.07, 6.45) is 3.52. The highest BCUT2D eigenvalue weighted by molar-refractivity contribution is 6.63. The van der Waals surface area contributed by atoms with E-state index in [0.29, 0.717) is 44.9 Å². The van der Waals surface area contributed by atoms with Crippen molar-refractivity contribution in [2.75, 3.05) is 0 Å². The second kappa shape index (κ2) is 8.81. The van der Waals surface area contributed by atoms with E-state index in [9.17, 15) is 19.8 Å². The van der Waals surface area contributed by atoms with Crippen molar-refractivity contribution in [3.63, 3.8) is 0 Å². The van der Waals surface area contributed by atoms with E-state index in [-0.39, 0.29) is 23.1 Å². The Morgan fingerprint density at radius 3 is 1.26 bits per heavy atom. The molecule has 0 saturated heterocycles. The van der Waals surface area contributed by atoms with Crippen LogP contribution in [0.5, 0.6) is 11.5 Å². The number of hydrogen-bond donors (Lipinski definition) is 2. The van der Waals surface area contributed by atoms with Gasteiger partial charge in [-0.05, 0) is 59.7 Å². The third-order valence-electron chi connectivity index (χ3n) is 7.90. The zero-order valence-corrected chi connectivity index (χ0v) is 22.0. The molecule has 0 fully saturated rings. The van der Waals surface area contributed by atoms with Crippen molar-refractivity contribution in [3.05, 3.63) is 142 Å². The van der Waals surface area contributed by atoms with E-state index >= 15 is 0 Å². The maximum absolute atomic E-state index is 14.4. The van der Waals surface area contributed by atoms with Gasteiger partial charge in [-0.15, -0.1) is 0 Å². The van der Waals surface area contributed by atoms with Crippen molar-refractivity contribution >= 4 is 57.7 Å². The molecule has 0 unspecified atom stereocenters. The molecule has 198 valence electrons. The number of carbonyl (C=O) groups is 2. The molecule has 8 rings (SSSR count). The van der Waals surface area contributed by atoms with Crippen LogP contribution in [0.2, 0.25) is 0 Å². The zero-order chi connectivity index (χ0) is 28.5. The molecule has 42 heavy (non-hydrogen) atoms. The standard InChI is InChI=1S/C36H20N2O4/c39-21-13-9-19(10-14-21)17-25-33-29(23-5-1-3-7-27(23)37-33)31(35(25)41)32-30-24-6-2-4-8-28(24)38-34(30)26(36(32)42)18-20-11-15-22(40)16-12-20/h1-18,39-40H/b25-17-,26-18-. The molecule has 4 aromatic carbocycles. The van der Waals surface area contributed by atoms with Gasteiger partial charge in [0.05, 0.1) is 22.8 Å². The SMILES string of the molecule is O=C1C(C2=C3C(=Nc4ccccc43)/C(=C/c3ccc(O)cc3)C2=O)=C2C(=Nc3ccccc32)/C1=C/c1ccc(O)cc1. The van der Waals surface area contributed by atoms with E-state index in [0.717, 1.165) is 33.6 Å². The summed E-state index contributed by atoms with van der Waals surface area (Å²) in [5, 5.41) is 19.5. The van der Waals surface area contributed by atoms with Gasteiger partial charge >= 0.3 is 0 Å². The highest BCUT2D eigenvalue weighted by Crippen LogP contribution is 2.52. The Kier molecular flexibility index (Phi) is 5.03. The Balaban J connectivity index is 1.38. The zero-order valence-electron chi connectivity index (χ0n) is 22.0. The number of aliphatic imine (C=N–C) groups is 2. The van der Waals surface area contributed by atoms with E-state index in [1.165, 1.54) is 0 Å². The van der Waals surface area contributed by atoms with Crippen LogP contribution >= 0.6 is 0 Å². The summed E-state index contributed by atoms with van der Waals surface area (Å²) in [7, 11) is 0. The smallest absolute Gasteiger partial charge is 0.196 e. The van der Waals surface area contributed by atoms with Crippen LogP contribution in [0, 0.1) is 0 Å². The molecule has 0 spiro atoms. The lowest BCUT2D eigenvalue weighted by Crippen LogP contribution is -2.11. The van der Waals surface area contributed by atoms with Crippen molar-refractivity contribution in [3.8, 4) is 11.5 Å². The first kappa shape index (κ1) is 24.0. The number of ketones is 2. The van der Waals surface area contributed by atoms with Crippen molar-refractivity contribution in [1.82, 2.24) is 0 Å². The Morgan fingerprint density at radius 2 is 0.857 bits per heavy atom. The van der Waals surface area contributed by atoms with E-state index in [1.807, 2.05) is 48.5 Å². The van der Waals surface area contributed by atoms with Crippen molar-refractivity contribution in [2.24, 2.45) is 9.98 Å². The number of rotatable bonds is 3. The molecule has 2 N–H and O–H groups in total. The van der Waals surface area contributed by atoms with E-state index in [4.69, 9.17) is 9.98 Å². The van der Waals surface area contributed by atoms with Gasteiger partial charge in [0.15, 0.2) is 11.6 Å². The Labute approximate surface area is 240 Å². The van der Waals surface area contributed by atoms with Crippen LogP contribution in [-0.2, 0) is 9.59 Å². The van der Waals surface area contributed by atoms with Crippen LogP contribution in [-0.4, -0.2) is 33.2 Å². The highest BCUT2D eigenvalue weighted by atomic mass is 16.3. The number of hydrogen-bond acceptors (Lipinski definition) is 6. The minimum atomic E-state index is -0.281.